The average Bonchev–Trinajstić information content (AvgIpc) is 1.36. The zero-order valence-electron chi connectivity index (χ0n) is 3.42. The van der Waals surface area contributed by atoms with Crippen molar-refractivity contribution in [2.45, 2.75) is 0 Å². The summed E-state index contributed by atoms with van der Waals surface area (Å²) in [7, 11) is 0. The van der Waals surface area contributed by atoms with Gasteiger partial charge in [-0.05, 0) is 0 Å². The van der Waals surface area contributed by atoms with Crippen molar-refractivity contribution in [3.8, 4) is 0 Å². The molecule has 0 aliphatic heterocycles. The molecule has 48 valence electrons. The summed E-state index contributed by atoms with van der Waals surface area (Å²) in [6.45, 7) is 0. The Balaban J connectivity index is -0.000000125. The van der Waals surface area contributed by atoms with E-state index in [1.165, 1.54) is 0 Å². The Hall–Kier alpha value is -0.464. The molecule has 8 heavy (non-hydrogen) atoms. The predicted octanol–water partition coefficient (Wildman–Crippen LogP) is -1.87. The van der Waals surface area contributed by atoms with Crippen molar-refractivity contribution < 1.29 is 19.8 Å². The first kappa shape index (κ1) is 15.6. The molecule has 5 nitrogen and oxygen atoms in total. The van der Waals surface area contributed by atoms with Gasteiger partial charge in [-0.25, -0.2) is 9.59 Å². The third kappa shape index (κ3) is 9.11. The van der Waals surface area contributed by atoms with E-state index in [1.54, 1.807) is 0 Å². The number of carboxylic acids is 2. The van der Waals surface area contributed by atoms with Gasteiger partial charge in [-0.1, -0.05) is 0 Å². The fourth-order valence-electron chi connectivity index (χ4n) is 0. The second-order valence-electron chi connectivity index (χ2n) is 0.610. The Kier molecular flexibility index (Phi) is 12.8. The third-order valence-corrected chi connectivity index (χ3v) is 0.183. The molecule has 6 heteroatoms. The van der Waals surface area contributed by atoms with Crippen LogP contribution in [-0.4, -0.2) is 41.9 Å². The van der Waals surface area contributed by atoms with Crippen molar-refractivity contribution in [2.24, 2.45) is 0 Å². The molecule has 0 bridgehead atoms. The number of aliphatic carboxylic acids is 2. The van der Waals surface area contributed by atoms with Crippen LogP contribution in [0.5, 0.6) is 0 Å². The van der Waals surface area contributed by atoms with Crippen LogP contribution in [0.15, 0.2) is 0 Å². The Bertz CT molecular complexity index is 80.0. The van der Waals surface area contributed by atoms with E-state index in [1.807, 2.05) is 0 Å². The van der Waals surface area contributed by atoms with E-state index in [-0.39, 0.29) is 25.9 Å². The van der Waals surface area contributed by atoms with Crippen LogP contribution in [0.4, 0.5) is 0 Å². The van der Waals surface area contributed by atoms with Crippen molar-refractivity contribution in [3.05, 3.63) is 0 Å². The Labute approximate surface area is 58.3 Å². The molecule has 0 atom stereocenters. The quantitative estimate of drug-likeness (QED) is 0.298. The summed E-state index contributed by atoms with van der Waals surface area (Å²) in [4.78, 5) is 18.2. The summed E-state index contributed by atoms with van der Waals surface area (Å²) in [5, 5.41) is 14.8. The van der Waals surface area contributed by atoms with Gasteiger partial charge in [0.25, 0.3) is 0 Å². The molecule has 0 aliphatic carbocycles. The van der Waals surface area contributed by atoms with Gasteiger partial charge in [0.05, 0.1) is 0 Å². The van der Waals surface area contributed by atoms with Crippen LogP contribution in [0.3, 0.4) is 0 Å². The molecule has 0 aromatic rings. The second kappa shape index (κ2) is 6.54. The Morgan fingerprint density at radius 3 is 1.12 bits per heavy atom. The summed E-state index contributed by atoms with van der Waals surface area (Å²) < 4.78 is 0. The van der Waals surface area contributed by atoms with Crippen molar-refractivity contribution in [1.29, 1.82) is 0 Å². The number of hydrogen-bond donors (Lipinski definition) is 3. The molecule has 0 aromatic heterocycles. The normalized spacial score (nSPS) is 5.50. The van der Waals surface area contributed by atoms with E-state index in [0.29, 0.717) is 0 Å². The van der Waals surface area contributed by atoms with E-state index in [2.05, 4.69) is 0 Å². The summed E-state index contributed by atoms with van der Waals surface area (Å²) in [6, 6.07) is 0. The summed E-state index contributed by atoms with van der Waals surface area (Å²) in [6.07, 6.45) is 0. The molecule has 0 rings (SSSR count). The minimum atomic E-state index is -1.82. The maximum atomic E-state index is 9.10. The summed E-state index contributed by atoms with van der Waals surface area (Å²) in [5.41, 5.74) is 0. The monoisotopic (exact) mass is 179 g/mol. The third-order valence-electron chi connectivity index (χ3n) is 0.183. The van der Waals surface area contributed by atoms with E-state index in [9.17, 15) is 0 Å². The molecule has 0 saturated carbocycles. The van der Waals surface area contributed by atoms with E-state index in [4.69, 9.17) is 19.8 Å². The van der Waals surface area contributed by atoms with E-state index >= 15 is 0 Å². The zero-order chi connectivity index (χ0) is 5.15. The zero-order valence-corrected chi connectivity index (χ0v) is 3.42. The molecule has 0 saturated heterocycles. The average molecular weight is 180 g/mol. The number of carboxylic acid groups (broad SMARTS) is 2. The van der Waals surface area contributed by atoms with Gasteiger partial charge in [-0.2, -0.15) is 0 Å². The maximum absolute atomic E-state index is 9.10. The molecule has 0 aliphatic rings. The number of carbonyl (C=O) groups is 2. The van der Waals surface area contributed by atoms with E-state index < -0.39 is 11.9 Å². The van der Waals surface area contributed by atoms with Crippen LogP contribution in [0, 0.1) is 0 Å². The van der Waals surface area contributed by atoms with Gasteiger partial charge in [0.2, 0.25) is 0 Å². The van der Waals surface area contributed by atoms with Gasteiger partial charge < -0.3 is 16.4 Å². The fourth-order valence-corrected chi connectivity index (χ4v) is 0. The minimum absolute atomic E-state index is 0. The van der Waals surface area contributed by atoms with Gasteiger partial charge >= 0.3 is 31.7 Å². The van der Waals surface area contributed by atoms with Crippen LogP contribution in [0.25, 0.3) is 0 Å². The topological polar surface area (TPSA) is 110 Å². The molecule has 0 aromatic carbocycles. The second-order valence-corrected chi connectivity index (χ2v) is 0.610. The molecule has 0 fully saturated rings. The molecule has 5 N–H and O–H groups in total. The standard InChI is InChI=1S/C2H2O4.Ga.H3N.3H/c3-1(4)2(5)6;;;;;/h(H,3,4)(H,5,6);;1H3;;;. The SMILES string of the molecule is N.O=C(O)C(=O)O.[GaH3]. The van der Waals surface area contributed by atoms with Crippen LogP contribution in [0.2, 0.25) is 0 Å². The predicted molar refractivity (Wildman–Crippen MR) is 30.2 cm³/mol. The molecular weight excluding hydrogens is 172 g/mol. The van der Waals surface area contributed by atoms with Crippen molar-refractivity contribution in [3.63, 3.8) is 0 Å². The van der Waals surface area contributed by atoms with Crippen molar-refractivity contribution >= 4 is 31.7 Å². The van der Waals surface area contributed by atoms with Crippen molar-refractivity contribution in [2.75, 3.05) is 0 Å². The molecular formula is C2H8GaNO4. The number of hydrogen-bond acceptors (Lipinski definition) is 3. The van der Waals surface area contributed by atoms with Crippen LogP contribution in [0.1, 0.15) is 0 Å². The van der Waals surface area contributed by atoms with Crippen molar-refractivity contribution in [1.82, 2.24) is 6.15 Å². The van der Waals surface area contributed by atoms with Gasteiger partial charge in [0.15, 0.2) is 0 Å². The first-order chi connectivity index (χ1) is 2.64. The van der Waals surface area contributed by atoms with Gasteiger partial charge in [-0.3, -0.25) is 0 Å². The van der Waals surface area contributed by atoms with E-state index in [0.717, 1.165) is 0 Å². The van der Waals surface area contributed by atoms with Gasteiger partial charge in [0.1, 0.15) is 0 Å². The first-order valence-corrected chi connectivity index (χ1v) is 1.11. The Morgan fingerprint density at radius 1 is 1.00 bits per heavy atom. The fraction of sp³-hybridized carbons (Fsp3) is 0. The van der Waals surface area contributed by atoms with Gasteiger partial charge in [0, 0.05) is 0 Å². The van der Waals surface area contributed by atoms with Crippen LogP contribution in [-0.2, 0) is 9.59 Å². The first-order valence-electron chi connectivity index (χ1n) is 1.11. The molecule has 0 radical (unpaired) electrons. The molecule has 0 amide bonds. The molecule has 0 spiro atoms. The summed E-state index contributed by atoms with van der Waals surface area (Å²) in [5.74, 6) is -3.65. The molecule has 0 heterocycles. The molecule has 0 unspecified atom stereocenters. The Morgan fingerprint density at radius 2 is 1.12 bits per heavy atom. The summed E-state index contributed by atoms with van der Waals surface area (Å²) >= 11 is 0. The van der Waals surface area contributed by atoms with Crippen LogP contribution < -0.4 is 6.15 Å². The number of rotatable bonds is 0. The van der Waals surface area contributed by atoms with Gasteiger partial charge in [-0.15, -0.1) is 0 Å². The van der Waals surface area contributed by atoms with Crippen LogP contribution >= 0.6 is 0 Å².